The summed E-state index contributed by atoms with van der Waals surface area (Å²) < 4.78 is 0. The van der Waals surface area contributed by atoms with Gasteiger partial charge in [-0.15, -0.1) is 0 Å². The van der Waals surface area contributed by atoms with Crippen LogP contribution in [0.3, 0.4) is 0 Å². The van der Waals surface area contributed by atoms with Crippen molar-refractivity contribution in [3.63, 3.8) is 0 Å². The Morgan fingerprint density at radius 2 is 1.65 bits per heavy atom. The van der Waals surface area contributed by atoms with E-state index in [4.69, 9.17) is 0 Å². The molecule has 3 rings (SSSR count). The highest BCUT2D eigenvalue weighted by molar-refractivity contribution is 5.53. The summed E-state index contributed by atoms with van der Waals surface area (Å²) in [7, 11) is 0. The topological polar surface area (TPSA) is 0 Å². The SMILES string of the molecule is C(=C1CCCC2CCCCC12)c1ccccc1. The molecule has 0 heterocycles. The van der Waals surface area contributed by atoms with Crippen molar-refractivity contribution < 1.29 is 0 Å². The molecule has 2 fully saturated rings. The third-order valence-electron chi connectivity index (χ3n) is 4.58. The van der Waals surface area contributed by atoms with E-state index in [9.17, 15) is 0 Å². The Hall–Kier alpha value is -1.04. The lowest BCUT2D eigenvalue weighted by atomic mass is 9.68. The van der Waals surface area contributed by atoms with E-state index in [1.165, 1.54) is 50.5 Å². The first-order chi connectivity index (χ1) is 8.43. The molecule has 1 aromatic carbocycles. The molecule has 90 valence electrons. The Kier molecular flexibility index (Phi) is 3.31. The van der Waals surface area contributed by atoms with E-state index >= 15 is 0 Å². The summed E-state index contributed by atoms with van der Waals surface area (Å²) in [6.45, 7) is 0. The largest absolute Gasteiger partial charge is 0.0662 e. The summed E-state index contributed by atoms with van der Waals surface area (Å²) in [6, 6.07) is 10.9. The normalized spacial score (nSPS) is 31.2. The maximum absolute atomic E-state index is 2.47. The van der Waals surface area contributed by atoms with Gasteiger partial charge in [0.05, 0.1) is 0 Å². The van der Waals surface area contributed by atoms with Gasteiger partial charge >= 0.3 is 0 Å². The van der Waals surface area contributed by atoms with Crippen molar-refractivity contribution in [1.29, 1.82) is 0 Å². The lowest BCUT2D eigenvalue weighted by molar-refractivity contribution is 0.224. The minimum Gasteiger partial charge on any atom is -0.0662 e. The second kappa shape index (κ2) is 5.08. The van der Waals surface area contributed by atoms with Gasteiger partial charge in [0.2, 0.25) is 0 Å². The monoisotopic (exact) mass is 226 g/mol. The van der Waals surface area contributed by atoms with Crippen molar-refractivity contribution in [2.24, 2.45) is 11.8 Å². The summed E-state index contributed by atoms with van der Waals surface area (Å²) in [6.07, 6.45) is 12.6. The Bertz CT molecular complexity index is 386. The number of rotatable bonds is 1. The zero-order valence-electron chi connectivity index (χ0n) is 10.6. The zero-order chi connectivity index (χ0) is 11.5. The van der Waals surface area contributed by atoms with Crippen molar-refractivity contribution >= 4 is 6.08 Å². The molecule has 0 spiro atoms. The van der Waals surface area contributed by atoms with Crippen molar-refractivity contribution in [3.8, 4) is 0 Å². The van der Waals surface area contributed by atoms with Crippen LogP contribution in [0.25, 0.3) is 6.08 Å². The first-order valence-corrected chi connectivity index (χ1v) is 7.19. The molecule has 0 heteroatoms. The predicted octanol–water partition coefficient (Wildman–Crippen LogP) is 5.06. The molecule has 0 N–H and O–H groups in total. The van der Waals surface area contributed by atoms with Gasteiger partial charge in [-0.05, 0) is 49.5 Å². The molecule has 0 radical (unpaired) electrons. The van der Waals surface area contributed by atoms with Gasteiger partial charge in [0, 0.05) is 0 Å². The van der Waals surface area contributed by atoms with Crippen molar-refractivity contribution in [3.05, 3.63) is 41.5 Å². The lowest BCUT2D eigenvalue weighted by Gasteiger charge is -2.37. The number of allylic oxidation sites excluding steroid dienone is 1. The lowest BCUT2D eigenvalue weighted by Crippen LogP contribution is -2.25. The highest BCUT2D eigenvalue weighted by Crippen LogP contribution is 2.43. The molecular formula is C17H22. The van der Waals surface area contributed by atoms with E-state index in [2.05, 4.69) is 36.4 Å². The van der Waals surface area contributed by atoms with Gasteiger partial charge in [-0.3, -0.25) is 0 Å². The molecule has 2 atom stereocenters. The van der Waals surface area contributed by atoms with E-state index in [-0.39, 0.29) is 0 Å². The zero-order valence-corrected chi connectivity index (χ0v) is 10.6. The van der Waals surface area contributed by atoms with Crippen LogP contribution in [0.2, 0.25) is 0 Å². The highest BCUT2D eigenvalue weighted by Gasteiger charge is 2.30. The van der Waals surface area contributed by atoms with E-state index in [0.717, 1.165) is 11.8 Å². The van der Waals surface area contributed by atoms with Gasteiger partial charge in [0.25, 0.3) is 0 Å². The third-order valence-corrected chi connectivity index (χ3v) is 4.58. The van der Waals surface area contributed by atoms with E-state index in [1.54, 1.807) is 5.57 Å². The van der Waals surface area contributed by atoms with Crippen LogP contribution in [-0.4, -0.2) is 0 Å². The van der Waals surface area contributed by atoms with E-state index in [1.807, 2.05) is 0 Å². The summed E-state index contributed by atoms with van der Waals surface area (Å²) in [5, 5.41) is 0. The number of hydrogen-bond acceptors (Lipinski definition) is 0. The van der Waals surface area contributed by atoms with Gasteiger partial charge in [-0.25, -0.2) is 0 Å². The van der Waals surface area contributed by atoms with E-state index < -0.39 is 0 Å². The minimum atomic E-state index is 0.915. The maximum atomic E-state index is 2.47. The fourth-order valence-corrected chi connectivity index (χ4v) is 3.74. The van der Waals surface area contributed by atoms with Gasteiger partial charge in [0.1, 0.15) is 0 Å². The third kappa shape index (κ3) is 2.46. The Morgan fingerprint density at radius 1 is 0.882 bits per heavy atom. The number of benzene rings is 1. The molecule has 0 saturated heterocycles. The standard InChI is InChI=1S/C17H22/c1-2-7-14(8-3-1)13-16-11-6-10-15-9-4-5-12-17(15)16/h1-3,7-8,13,15,17H,4-6,9-12H2. The average molecular weight is 226 g/mol. The van der Waals surface area contributed by atoms with Crippen molar-refractivity contribution in [2.75, 3.05) is 0 Å². The Labute approximate surface area is 105 Å². The molecular weight excluding hydrogens is 204 g/mol. The van der Waals surface area contributed by atoms with Gasteiger partial charge < -0.3 is 0 Å². The predicted molar refractivity (Wildman–Crippen MR) is 73.7 cm³/mol. The van der Waals surface area contributed by atoms with Crippen LogP contribution < -0.4 is 0 Å². The fourth-order valence-electron chi connectivity index (χ4n) is 3.74. The van der Waals surface area contributed by atoms with Gasteiger partial charge in [-0.2, -0.15) is 0 Å². The summed E-state index contributed by atoms with van der Waals surface area (Å²) in [4.78, 5) is 0. The van der Waals surface area contributed by atoms with Crippen LogP contribution in [0, 0.1) is 11.8 Å². The molecule has 2 saturated carbocycles. The van der Waals surface area contributed by atoms with Gasteiger partial charge in [-0.1, -0.05) is 54.8 Å². The molecule has 2 aliphatic rings. The fraction of sp³-hybridized carbons (Fsp3) is 0.529. The van der Waals surface area contributed by atoms with Crippen LogP contribution >= 0.6 is 0 Å². The second-order valence-electron chi connectivity index (χ2n) is 5.67. The van der Waals surface area contributed by atoms with Crippen LogP contribution in [0.5, 0.6) is 0 Å². The van der Waals surface area contributed by atoms with Crippen molar-refractivity contribution in [2.45, 2.75) is 44.9 Å². The van der Waals surface area contributed by atoms with Crippen LogP contribution in [0.4, 0.5) is 0 Å². The smallest absolute Gasteiger partial charge is 0.0172 e. The summed E-state index contributed by atoms with van der Waals surface area (Å²) in [5.41, 5.74) is 3.14. The van der Waals surface area contributed by atoms with Crippen LogP contribution in [0.15, 0.2) is 35.9 Å². The summed E-state index contributed by atoms with van der Waals surface area (Å²) in [5.74, 6) is 1.92. The molecule has 2 unspecified atom stereocenters. The minimum absolute atomic E-state index is 0.915. The molecule has 1 aromatic rings. The first kappa shape index (κ1) is 11.1. The first-order valence-electron chi connectivity index (χ1n) is 7.19. The molecule has 0 aliphatic heterocycles. The molecule has 0 amide bonds. The molecule has 2 aliphatic carbocycles. The Morgan fingerprint density at radius 3 is 2.53 bits per heavy atom. The van der Waals surface area contributed by atoms with Crippen molar-refractivity contribution in [1.82, 2.24) is 0 Å². The average Bonchev–Trinajstić information content (AvgIpc) is 2.40. The van der Waals surface area contributed by atoms with E-state index in [0.29, 0.717) is 0 Å². The molecule has 0 aromatic heterocycles. The summed E-state index contributed by atoms with van der Waals surface area (Å²) >= 11 is 0. The highest BCUT2D eigenvalue weighted by atomic mass is 14.4. The Balaban J connectivity index is 1.83. The number of fused-ring (bicyclic) bond motifs is 1. The molecule has 0 bridgehead atoms. The number of hydrogen-bond donors (Lipinski definition) is 0. The molecule has 0 nitrogen and oxygen atoms in total. The quantitative estimate of drug-likeness (QED) is 0.628. The second-order valence-corrected chi connectivity index (χ2v) is 5.67. The van der Waals surface area contributed by atoms with Crippen LogP contribution in [-0.2, 0) is 0 Å². The van der Waals surface area contributed by atoms with Gasteiger partial charge in [0.15, 0.2) is 0 Å². The van der Waals surface area contributed by atoms with Crippen LogP contribution in [0.1, 0.15) is 50.5 Å². The molecule has 17 heavy (non-hydrogen) atoms. The maximum Gasteiger partial charge on any atom is -0.0172 e.